The number of hydrogen-bond donors (Lipinski definition) is 0. The first-order valence-electron chi connectivity index (χ1n) is 3.67. The lowest BCUT2D eigenvalue weighted by Crippen LogP contribution is -2.29. The molecule has 1 aliphatic rings. The molecule has 1 rings (SSSR count). The lowest BCUT2D eigenvalue weighted by atomic mass is 10.1. The smallest absolute Gasteiger partial charge is 0.297 e. The van der Waals surface area contributed by atoms with Crippen LogP contribution in [0.1, 0.15) is 6.92 Å². The van der Waals surface area contributed by atoms with Gasteiger partial charge in [-0.2, -0.15) is 13.2 Å². The normalized spacial score (nSPS) is 19.3. The van der Waals surface area contributed by atoms with Crippen molar-refractivity contribution in [2.75, 3.05) is 0 Å². The maximum absolute atomic E-state index is 12.6. The van der Waals surface area contributed by atoms with E-state index in [-0.39, 0.29) is 5.78 Å². The highest BCUT2D eigenvalue weighted by Gasteiger charge is 2.17. The number of alkyl halides is 3. The quantitative estimate of drug-likeness (QED) is 0.490. The van der Waals surface area contributed by atoms with Gasteiger partial charge in [0, 0.05) is 6.20 Å². The maximum atomic E-state index is 12.6. The van der Waals surface area contributed by atoms with E-state index in [1.54, 1.807) is 12.2 Å². The molecule has 0 aromatic carbocycles. The number of halogens is 4. The monoisotopic (exact) mass is 211 g/mol. The Morgan fingerprint density at radius 2 is 1.86 bits per heavy atom. The van der Waals surface area contributed by atoms with Crippen LogP contribution in [-0.4, -0.2) is 23.6 Å². The van der Waals surface area contributed by atoms with E-state index >= 15 is 0 Å². The zero-order chi connectivity index (χ0) is 11.1. The molecule has 14 heavy (non-hydrogen) atoms. The van der Waals surface area contributed by atoms with Crippen molar-refractivity contribution in [3.8, 4) is 0 Å². The predicted molar refractivity (Wildman–Crippen MR) is 42.8 cm³/mol. The van der Waals surface area contributed by atoms with Crippen molar-refractivity contribution < 1.29 is 22.4 Å². The average Bonchev–Trinajstić information content (AvgIpc) is 2.03. The first kappa shape index (κ1) is 12.7. The van der Waals surface area contributed by atoms with Gasteiger partial charge in [-0.3, -0.25) is 4.79 Å². The van der Waals surface area contributed by atoms with Crippen LogP contribution in [0.2, 0.25) is 0 Å². The molecule has 0 aromatic rings. The first-order chi connectivity index (χ1) is 6.45. The standard InChI is InChI=1S/C7H8FNO.CHF3/c1-6(10)7-4-2-3-5-9(7)8;2-1(3)4/h2-5,7H,1H3;1H. The molecule has 1 atom stereocenters. The summed E-state index contributed by atoms with van der Waals surface area (Å²) in [6.45, 7) is -2.30. The molecule has 0 amide bonds. The molecule has 6 heteroatoms. The second-order valence-electron chi connectivity index (χ2n) is 2.37. The van der Waals surface area contributed by atoms with E-state index in [0.717, 1.165) is 0 Å². The average molecular weight is 211 g/mol. The predicted octanol–water partition coefficient (Wildman–Crippen LogP) is 2.39. The van der Waals surface area contributed by atoms with Crippen LogP contribution < -0.4 is 0 Å². The van der Waals surface area contributed by atoms with Crippen LogP contribution in [0.3, 0.4) is 0 Å². The highest BCUT2D eigenvalue weighted by molar-refractivity contribution is 5.83. The highest BCUT2D eigenvalue weighted by Crippen LogP contribution is 2.08. The summed E-state index contributed by atoms with van der Waals surface area (Å²) in [6.07, 6.45) is 5.94. The Morgan fingerprint density at radius 1 is 1.36 bits per heavy atom. The summed E-state index contributed by atoms with van der Waals surface area (Å²) < 4.78 is 41.6. The zero-order valence-electron chi connectivity index (χ0n) is 7.33. The number of hydrogen-bond acceptors (Lipinski definition) is 2. The van der Waals surface area contributed by atoms with Crippen molar-refractivity contribution in [3.63, 3.8) is 0 Å². The third-order valence-corrected chi connectivity index (χ3v) is 1.32. The van der Waals surface area contributed by atoms with Gasteiger partial charge < -0.3 is 0 Å². The summed E-state index contributed by atoms with van der Waals surface area (Å²) >= 11 is 0. The Hall–Kier alpha value is -1.33. The van der Waals surface area contributed by atoms with Gasteiger partial charge in [-0.25, -0.2) is 5.12 Å². The van der Waals surface area contributed by atoms with E-state index in [1.807, 2.05) is 0 Å². The molecule has 2 nitrogen and oxygen atoms in total. The van der Waals surface area contributed by atoms with Crippen molar-refractivity contribution in [2.45, 2.75) is 19.6 Å². The van der Waals surface area contributed by atoms with E-state index in [2.05, 4.69) is 0 Å². The molecule has 0 radical (unpaired) electrons. The summed E-state index contributed by atoms with van der Waals surface area (Å²) in [6, 6.07) is -0.718. The Bertz CT molecular complexity index is 237. The zero-order valence-corrected chi connectivity index (χ0v) is 7.33. The SMILES string of the molecule is CC(=O)C1C=CC=CN1F.FC(F)F. The topological polar surface area (TPSA) is 20.3 Å². The van der Waals surface area contributed by atoms with Gasteiger partial charge in [0.05, 0.1) is 0 Å². The van der Waals surface area contributed by atoms with Gasteiger partial charge in [0.15, 0.2) is 5.78 Å². The van der Waals surface area contributed by atoms with Crippen LogP contribution in [0.25, 0.3) is 0 Å². The lowest BCUT2D eigenvalue weighted by Gasteiger charge is -2.17. The molecular weight excluding hydrogens is 202 g/mol. The number of rotatable bonds is 1. The molecular formula is C8H9F4NO. The lowest BCUT2D eigenvalue weighted by molar-refractivity contribution is -0.123. The molecule has 0 spiro atoms. The summed E-state index contributed by atoms with van der Waals surface area (Å²) in [5.74, 6) is -0.192. The molecule has 0 bridgehead atoms. The number of carbonyl (C=O) groups is 1. The van der Waals surface area contributed by atoms with Crippen LogP contribution in [0.15, 0.2) is 24.4 Å². The fourth-order valence-electron chi connectivity index (χ4n) is 0.785. The first-order valence-corrected chi connectivity index (χ1v) is 3.67. The molecule has 0 fully saturated rings. The third kappa shape index (κ3) is 5.34. The second kappa shape index (κ2) is 6.17. The van der Waals surface area contributed by atoms with Crippen molar-refractivity contribution in [3.05, 3.63) is 24.4 Å². The van der Waals surface area contributed by atoms with Crippen LogP contribution in [0.5, 0.6) is 0 Å². The summed E-state index contributed by atoms with van der Waals surface area (Å²) in [5, 5.41) is 0.391. The number of carbonyl (C=O) groups excluding carboxylic acids is 1. The molecule has 1 heterocycles. The molecule has 0 saturated carbocycles. The van der Waals surface area contributed by atoms with E-state index in [4.69, 9.17) is 0 Å². The van der Waals surface area contributed by atoms with E-state index in [0.29, 0.717) is 5.12 Å². The minimum absolute atomic E-state index is 0.192. The van der Waals surface area contributed by atoms with Crippen LogP contribution in [-0.2, 0) is 4.79 Å². The molecule has 0 aliphatic carbocycles. The van der Waals surface area contributed by atoms with Gasteiger partial charge in [-0.1, -0.05) is 16.6 Å². The van der Waals surface area contributed by atoms with Crippen molar-refractivity contribution in [1.29, 1.82) is 0 Å². The van der Waals surface area contributed by atoms with Crippen LogP contribution in [0.4, 0.5) is 17.7 Å². The maximum Gasteiger partial charge on any atom is 0.379 e. The number of nitrogens with zero attached hydrogens (tertiary/aromatic N) is 1. The van der Waals surface area contributed by atoms with Crippen molar-refractivity contribution in [1.82, 2.24) is 5.12 Å². The fraction of sp³-hybridized carbons (Fsp3) is 0.375. The Labute approximate surface area is 78.4 Å². The van der Waals surface area contributed by atoms with Gasteiger partial charge >= 0.3 is 6.68 Å². The molecule has 1 aliphatic heterocycles. The Kier molecular flexibility index (Phi) is 5.59. The largest absolute Gasteiger partial charge is 0.379 e. The minimum atomic E-state index is -3.67. The summed E-state index contributed by atoms with van der Waals surface area (Å²) in [5.41, 5.74) is 0. The van der Waals surface area contributed by atoms with E-state index in [9.17, 15) is 22.4 Å². The Balaban J connectivity index is 0.000000364. The van der Waals surface area contributed by atoms with Gasteiger partial charge in [0.25, 0.3) is 0 Å². The summed E-state index contributed by atoms with van der Waals surface area (Å²) in [4.78, 5) is 10.6. The van der Waals surface area contributed by atoms with Gasteiger partial charge in [0.2, 0.25) is 0 Å². The molecule has 80 valence electrons. The highest BCUT2D eigenvalue weighted by atomic mass is 19.4. The van der Waals surface area contributed by atoms with Crippen molar-refractivity contribution >= 4 is 5.78 Å². The molecule has 0 aromatic heterocycles. The summed E-state index contributed by atoms with van der Waals surface area (Å²) in [7, 11) is 0. The fourth-order valence-corrected chi connectivity index (χ4v) is 0.785. The van der Waals surface area contributed by atoms with E-state index < -0.39 is 12.7 Å². The minimum Gasteiger partial charge on any atom is -0.297 e. The van der Waals surface area contributed by atoms with Gasteiger partial charge in [-0.05, 0) is 13.0 Å². The Morgan fingerprint density at radius 3 is 2.14 bits per heavy atom. The molecule has 1 unspecified atom stereocenters. The van der Waals surface area contributed by atoms with Gasteiger partial charge in [-0.15, -0.1) is 0 Å². The molecule has 0 N–H and O–H groups in total. The van der Waals surface area contributed by atoms with E-state index in [1.165, 1.54) is 19.2 Å². The second-order valence-corrected chi connectivity index (χ2v) is 2.37. The van der Waals surface area contributed by atoms with Crippen LogP contribution >= 0.6 is 0 Å². The number of Topliss-reactive ketones (excluding diaryl/α,β-unsaturated/α-hetero) is 1. The van der Waals surface area contributed by atoms with Crippen LogP contribution in [0, 0.1) is 0 Å². The molecule has 0 saturated heterocycles. The third-order valence-electron chi connectivity index (χ3n) is 1.32. The van der Waals surface area contributed by atoms with Gasteiger partial charge in [0.1, 0.15) is 6.04 Å². The number of ketones is 1. The number of allylic oxidation sites excluding steroid dienone is 2. The van der Waals surface area contributed by atoms with Crippen molar-refractivity contribution in [2.24, 2.45) is 0 Å².